The first kappa shape index (κ1) is 15.0. The fraction of sp³-hybridized carbons (Fsp3) is 0.538. The highest BCUT2D eigenvalue weighted by atomic mass is 31.2. The first-order valence-electron chi connectivity index (χ1n) is 6.81. The fourth-order valence-electron chi connectivity index (χ4n) is 1.99. The van der Waals surface area contributed by atoms with Gasteiger partial charge in [0.25, 0.3) is 0 Å². The summed E-state index contributed by atoms with van der Waals surface area (Å²) in [5.74, 6) is 0. The molecule has 2 aliphatic heterocycles. The lowest BCUT2D eigenvalue weighted by molar-refractivity contribution is -0.151. The van der Waals surface area contributed by atoms with Crippen molar-refractivity contribution < 1.29 is 17.7 Å². The van der Waals surface area contributed by atoms with Crippen LogP contribution in [0.1, 0.15) is 18.1 Å². The van der Waals surface area contributed by atoms with Crippen molar-refractivity contribution in [3.63, 3.8) is 0 Å². The van der Waals surface area contributed by atoms with E-state index < -0.39 is 27.2 Å². The summed E-state index contributed by atoms with van der Waals surface area (Å²) in [7, 11) is -1.04. The van der Waals surface area contributed by atoms with Crippen LogP contribution < -0.4 is 5.73 Å². The van der Waals surface area contributed by atoms with Gasteiger partial charge in [0, 0.05) is 31.9 Å². The van der Waals surface area contributed by atoms with Gasteiger partial charge in [-0.25, -0.2) is 9.34 Å². The molecule has 116 valence electrons. The zero-order chi connectivity index (χ0) is 15.0. The molecular formula is C13H17F3N3OP. The van der Waals surface area contributed by atoms with Gasteiger partial charge in [0.2, 0.25) is 0 Å². The van der Waals surface area contributed by atoms with Crippen LogP contribution in [0.15, 0.2) is 24.3 Å². The summed E-state index contributed by atoms with van der Waals surface area (Å²) in [5.41, 5.74) is 6.65. The predicted molar refractivity (Wildman–Crippen MR) is 75.4 cm³/mol. The number of hydrogen-bond acceptors (Lipinski definition) is 4. The van der Waals surface area contributed by atoms with Gasteiger partial charge < -0.3 is 10.3 Å². The van der Waals surface area contributed by atoms with Crippen LogP contribution in [0.3, 0.4) is 0 Å². The topological polar surface area (TPSA) is 41.3 Å². The molecule has 2 fully saturated rings. The van der Waals surface area contributed by atoms with Crippen molar-refractivity contribution in [3.05, 3.63) is 29.8 Å². The minimum Gasteiger partial charge on any atom is -0.399 e. The Bertz CT molecular complexity index is 476. The maximum absolute atomic E-state index is 12.8. The molecule has 2 heterocycles. The fourth-order valence-corrected chi connectivity index (χ4v) is 3.91. The van der Waals surface area contributed by atoms with Crippen molar-refractivity contribution in [1.82, 2.24) is 9.34 Å². The third kappa shape index (κ3) is 4.30. The standard InChI is InChI=1S/C13H17F3N3OP/c14-13(15,16)9-12(10-1-3-11(17)4-2-10)20-21(18-5-6-18)19-7-8-19/h1-4,12H,5-9,17H2. The number of nitrogen functional groups attached to an aromatic ring is 1. The number of alkyl halides is 3. The lowest BCUT2D eigenvalue weighted by Gasteiger charge is -2.26. The lowest BCUT2D eigenvalue weighted by Crippen LogP contribution is -2.17. The highest BCUT2D eigenvalue weighted by molar-refractivity contribution is 7.48. The lowest BCUT2D eigenvalue weighted by atomic mass is 10.1. The molecule has 2 saturated heterocycles. The van der Waals surface area contributed by atoms with E-state index in [1.54, 1.807) is 24.3 Å². The molecule has 1 aromatic carbocycles. The maximum Gasteiger partial charge on any atom is 0.391 e. The second-order valence-electron chi connectivity index (χ2n) is 5.24. The molecule has 4 nitrogen and oxygen atoms in total. The van der Waals surface area contributed by atoms with Gasteiger partial charge in [-0.1, -0.05) is 12.1 Å². The van der Waals surface area contributed by atoms with Gasteiger partial charge in [0.05, 0.1) is 12.5 Å². The van der Waals surface area contributed by atoms with Crippen molar-refractivity contribution in [2.75, 3.05) is 31.9 Å². The van der Waals surface area contributed by atoms with Crippen LogP contribution in [0, 0.1) is 0 Å². The van der Waals surface area contributed by atoms with Gasteiger partial charge in [-0.2, -0.15) is 13.2 Å². The summed E-state index contributed by atoms with van der Waals surface area (Å²) >= 11 is 0. The first-order valence-corrected chi connectivity index (χ1v) is 7.98. The molecule has 0 spiro atoms. The summed E-state index contributed by atoms with van der Waals surface area (Å²) in [6.07, 6.45) is -6.21. The van der Waals surface area contributed by atoms with E-state index in [1.807, 2.05) is 0 Å². The third-order valence-electron chi connectivity index (χ3n) is 3.28. The number of anilines is 1. The molecule has 1 unspecified atom stereocenters. The molecule has 3 rings (SSSR count). The molecular weight excluding hydrogens is 302 g/mol. The van der Waals surface area contributed by atoms with E-state index >= 15 is 0 Å². The van der Waals surface area contributed by atoms with E-state index in [4.69, 9.17) is 10.3 Å². The van der Waals surface area contributed by atoms with Gasteiger partial charge in [-0.15, -0.1) is 0 Å². The molecule has 0 saturated carbocycles. The molecule has 0 radical (unpaired) electrons. The van der Waals surface area contributed by atoms with Crippen molar-refractivity contribution in [2.45, 2.75) is 18.7 Å². The quantitative estimate of drug-likeness (QED) is 0.497. The minimum atomic E-state index is -4.26. The van der Waals surface area contributed by atoms with Crippen molar-refractivity contribution in [2.24, 2.45) is 0 Å². The summed E-state index contributed by atoms with van der Waals surface area (Å²) in [6, 6.07) is 6.45. The SMILES string of the molecule is Nc1ccc(C(CC(F)(F)F)OP(N2CC2)N2CC2)cc1. The van der Waals surface area contributed by atoms with Gasteiger partial charge >= 0.3 is 6.18 Å². The second kappa shape index (κ2) is 5.72. The summed E-state index contributed by atoms with van der Waals surface area (Å²) < 4.78 is 48.5. The van der Waals surface area contributed by atoms with Crippen LogP contribution >= 0.6 is 8.45 Å². The van der Waals surface area contributed by atoms with E-state index in [2.05, 4.69) is 9.34 Å². The largest absolute Gasteiger partial charge is 0.399 e. The Morgan fingerprint density at radius 1 is 1.10 bits per heavy atom. The molecule has 8 heteroatoms. The molecule has 21 heavy (non-hydrogen) atoms. The number of rotatable bonds is 6. The number of benzene rings is 1. The van der Waals surface area contributed by atoms with Crippen LogP contribution in [0.4, 0.5) is 18.9 Å². The zero-order valence-corrected chi connectivity index (χ0v) is 12.3. The second-order valence-corrected chi connectivity index (χ2v) is 7.09. The predicted octanol–water partition coefficient (Wildman–Crippen LogP) is 3.14. The summed E-state index contributed by atoms with van der Waals surface area (Å²) in [6.45, 7) is 3.62. The van der Waals surface area contributed by atoms with Crippen molar-refractivity contribution in [1.29, 1.82) is 0 Å². The number of hydrogen-bond donors (Lipinski definition) is 1. The molecule has 0 aliphatic carbocycles. The molecule has 0 amide bonds. The summed E-state index contributed by atoms with van der Waals surface area (Å²) in [4.78, 5) is 0. The van der Waals surface area contributed by atoms with Crippen molar-refractivity contribution >= 4 is 14.1 Å². The highest BCUT2D eigenvalue weighted by Gasteiger charge is 2.43. The molecule has 2 N–H and O–H groups in total. The number of halogens is 3. The van der Waals surface area contributed by atoms with Gasteiger partial charge in [0.15, 0.2) is 8.45 Å². The van der Waals surface area contributed by atoms with E-state index in [-0.39, 0.29) is 0 Å². The third-order valence-corrected chi connectivity index (χ3v) is 5.49. The Hall–Kier alpha value is -0.880. The van der Waals surface area contributed by atoms with Crippen LogP contribution in [0.5, 0.6) is 0 Å². The smallest absolute Gasteiger partial charge is 0.391 e. The van der Waals surface area contributed by atoms with Crippen molar-refractivity contribution in [3.8, 4) is 0 Å². The van der Waals surface area contributed by atoms with Crippen LogP contribution in [-0.4, -0.2) is 41.7 Å². The van der Waals surface area contributed by atoms with Crippen LogP contribution in [0.25, 0.3) is 0 Å². The maximum atomic E-state index is 12.8. The van der Waals surface area contributed by atoms with Gasteiger partial charge in [-0.05, 0) is 17.7 Å². The van der Waals surface area contributed by atoms with E-state index in [0.717, 1.165) is 26.2 Å². The molecule has 2 aliphatic rings. The zero-order valence-electron chi connectivity index (χ0n) is 11.4. The average molecular weight is 319 g/mol. The summed E-state index contributed by atoms with van der Waals surface area (Å²) in [5, 5.41) is 0. The molecule has 0 aromatic heterocycles. The van der Waals surface area contributed by atoms with E-state index in [1.165, 1.54) is 0 Å². The number of nitrogens with zero attached hydrogens (tertiary/aromatic N) is 2. The Balaban J connectivity index is 1.76. The number of nitrogens with two attached hydrogens (primary N) is 1. The van der Waals surface area contributed by atoms with Gasteiger partial charge in [-0.3, -0.25) is 0 Å². The Kier molecular flexibility index (Phi) is 4.10. The molecule has 1 aromatic rings. The minimum absolute atomic E-state index is 0.526. The Morgan fingerprint density at radius 2 is 1.62 bits per heavy atom. The van der Waals surface area contributed by atoms with Gasteiger partial charge in [0.1, 0.15) is 0 Å². The first-order chi connectivity index (χ1) is 9.92. The van der Waals surface area contributed by atoms with E-state index in [0.29, 0.717) is 11.3 Å². The average Bonchev–Trinajstić information content (AvgIpc) is 3.26. The Labute approximate surface area is 122 Å². The van der Waals surface area contributed by atoms with E-state index in [9.17, 15) is 13.2 Å². The van der Waals surface area contributed by atoms with Crippen LogP contribution in [0.2, 0.25) is 0 Å². The van der Waals surface area contributed by atoms with Crippen LogP contribution in [-0.2, 0) is 4.52 Å². The highest BCUT2D eigenvalue weighted by Crippen LogP contribution is 2.56. The molecule has 1 atom stereocenters. The Morgan fingerprint density at radius 3 is 2.05 bits per heavy atom. The molecule has 0 bridgehead atoms. The monoisotopic (exact) mass is 319 g/mol. The normalized spacial score (nSPS) is 20.8.